The second-order valence-electron chi connectivity index (χ2n) is 9.04. The molecule has 0 unspecified atom stereocenters. The van der Waals surface area contributed by atoms with Gasteiger partial charge < -0.3 is 24.6 Å². The highest BCUT2D eigenvalue weighted by atomic mass is 16.6. The summed E-state index contributed by atoms with van der Waals surface area (Å²) in [6.45, 7) is 7.50. The standard InChI is InChI=1S/C27H25BN2O5/c1-14-5-8-24(21(9-14)18-6-7-23-19(12-18)13-29-35-28(23)33)30-17(4)20-10-15(2)11-22-25(31)16(3)27(32)34-26(20)22/h5-13,17,30,32-33H,1-4H3/t17-/m1/s1. The molecule has 3 N–H and O–H groups in total. The number of hydrogen-bond donors (Lipinski definition) is 3. The van der Waals surface area contributed by atoms with E-state index in [4.69, 9.17) is 9.17 Å². The van der Waals surface area contributed by atoms with Crippen LogP contribution in [0.5, 0.6) is 5.95 Å². The van der Waals surface area contributed by atoms with Crippen LogP contribution in [0.4, 0.5) is 5.69 Å². The first-order chi connectivity index (χ1) is 16.7. The maximum atomic E-state index is 12.8. The fourth-order valence-corrected chi connectivity index (χ4v) is 4.49. The molecule has 5 rings (SSSR count). The average Bonchev–Trinajstić information content (AvgIpc) is 2.84. The molecule has 0 amide bonds. The van der Waals surface area contributed by atoms with Gasteiger partial charge in [-0.2, -0.15) is 0 Å². The molecule has 0 saturated heterocycles. The Morgan fingerprint density at radius 1 is 1.03 bits per heavy atom. The fraction of sp³-hybridized carbons (Fsp3) is 0.185. The molecule has 176 valence electrons. The molecule has 2 heterocycles. The van der Waals surface area contributed by atoms with E-state index in [0.717, 1.165) is 39.1 Å². The van der Waals surface area contributed by atoms with Crippen molar-refractivity contribution in [1.29, 1.82) is 0 Å². The van der Waals surface area contributed by atoms with Crippen LogP contribution >= 0.6 is 0 Å². The quantitative estimate of drug-likeness (QED) is 0.386. The number of aromatic hydroxyl groups is 1. The molecule has 8 heteroatoms. The van der Waals surface area contributed by atoms with Crippen LogP contribution in [0, 0.1) is 20.8 Å². The Morgan fingerprint density at radius 2 is 1.83 bits per heavy atom. The van der Waals surface area contributed by atoms with Crippen LogP contribution in [0.25, 0.3) is 22.1 Å². The summed E-state index contributed by atoms with van der Waals surface area (Å²) in [5.74, 6) is -0.363. The molecule has 7 nitrogen and oxygen atoms in total. The Hall–Kier alpha value is -4.04. The number of benzene rings is 3. The van der Waals surface area contributed by atoms with Gasteiger partial charge in [0.2, 0.25) is 0 Å². The van der Waals surface area contributed by atoms with Crippen LogP contribution in [-0.2, 0) is 4.76 Å². The second-order valence-corrected chi connectivity index (χ2v) is 9.04. The van der Waals surface area contributed by atoms with Gasteiger partial charge in [0.1, 0.15) is 5.58 Å². The van der Waals surface area contributed by atoms with Crippen LogP contribution in [0.15, 0.2) is 62.9 Å². The van der Waals surface area contributed by atoms with Crippen molar-refractivity contribution in [3.8, 4) is 17.1 Å². The molecular weight excluding hydrogens is 443 g/mol. The minimum Gasteiger partial charge on any atom is -0.480 e. The van der Waals surface area contributed by atoms with Crippen LogP contribution in [-0.4, -0.2) is 23.5 Å². The zero-order valence-corrected chi connectivity index (χ0v) is 19.9. The normalized spacial score (nSPS) is 13.5. The van der Waals surface area contributed by atoms with Crippen molar-refractivity contribution in [2.24, 2.45) is 5.16 Å². The highest BCUT2D eigenvalue weighted by molar-refractivity contribution is 6.62. The topological polar surface area (TPSA) is 104 Å². The molecule has 1 aliphatic heterocycles. The van der Waals surface area contributed by atoms with Crippen molar-refractivity contribution in [3.05, 3.63) is 86.6 Å². The summed E-state index contributed by atoms with van der Waals surface area (Å²) in [6.07, 6.45) is 1.59. The summed E-state index contributed by atoms with van der Waals surface area (Å²) in [5, 5.41) is 28.0. The molecule has 0 radical (unpaired) electrons. The van der Waals surface area contributed by atoms with E-state index in [9.17, 15) is 14.9 Å². The van der Waals surface area contributed by atoms with Crippen molar-refractivity contribution in [2.45, 2.75) is 33.7 Å². The lowest BCUT2D eigenvalue weighted by Crippen LogP contribution is -2.37. The molecule has 0 fully saturated rings. The van der Waals surface area contributed by atoms with Crippen LogP contribution in [0.3, 0.4) is 0 Å². The minimum absolute atomic E-state index is 0.196. The number of nitrogens with one attached hydrogen (secondary N) is 1. The molecule has 0 saturated carbocycles. The summed E-state index contributed by atoms with van der Waals surface area (Å²) in [4.78, 5) is 12.8. The van der Waals surface area contributed by atoms with E-state index < -0.39 is 7.12 Å². The third-order valence-corrected chi connectivity index (χ3v) is 6.40. The highest BCUT2D eigenvalue weighted by Crippen LogP contribution is 2.35. The number of rotatable bonds is 4. The van der Waals surface area contributed by atoms with Gasteiger partial charge in [-0.1, -0.05) is 29.8 Å². The van der Waals surface area contributed by atoms with Gasteiger partial charge in [0, 0.05) is 22.3 Å². The zero-order chi connectivity index (χ0) is 24.9. The largest absolute Gasteiger partial charge is 0.583 e. The van der Waals surface area contributed by atoms with Crippen LogP contribution in [0.2, 0.25) is 0 Å². The number of fused-ring (bicyclic) bond motifs is 2. The molecule has 1 atom stereocenters. The lowest BCUT2D eigenvalue weighted by Gasteiger charge is -2.21. The van der Waals surface area contributed by atoms with Crippen molar-refractivity contribution in [2.75, 3.05) is 5.32 Å². The first-order valence-electron chi connectivity index (χ1n) is 11.4. The van der Waals surface area contributed by atoms with Gasteiger partial charge in [-0.3, -0.25) is 4.79 Å². The van der Waals surface area contributed by atoms with Gasteiger partial charge in [0.25, 0.3) is 5.95 Å². The Kier molecular flexibility index (Phi) is 5.61. The van der Waals surface area contributed by atoms with Crippen molar-refractivity contribution < 1.29 is 19.3 Å². The van der Waals surface area contributed by atoms with Gasteiger partial charge in [-0.05, 0) is 68.7 Å². The molecule has 4 aromatic rings. The Labute approximate surface area is 202 Å². The van der Waals surface area contributed by atoms with E-state index in [1.807, 2.05) is 57.2 Å². The number of hydrogen-bond acceptors (Lipinski definition) is 7. The summed E-state index contributed by atoms with van der Waals surface area (Å²) in [7, 11) is -1.08. The summed E-state index contributed by atoms with van der Waals surface area (Å²) < 4.78 is 10.6. The first-order valence-corrected chi connectivity index (χ1v) is 11.4. The monoisotopic (exact) mass is 468 g/mol. The fourth-order valence-electron chi connectivity index (χ4n) is 4.49. The predicted molar refractivity (Wildman–Crippen MR) is 139 cm³/mol. The molecule has 1 aromatic heterocycles. The van der Waals surface area contributed by atoms with Crippen molar-refractivity contribution >= 4 is 35.5 Å². The van der Waals surface area contributed by atoms with E-state index in [2.05, 4.69) is 16.5 Å². The minimum atomic E-state index is -1.08. The second kappa shape index (κ2) is 8.63. The molecule has 0 spiro atoms. The maximum Gasteiger partial charge on any atom is 0.583 e. The Bertz CT molecular complexity index is 1560. The van der Waals surface area contributed by atoms with Crippen molar-refractivity contribution in [3.63, 3.8) is 0 Å². The van der Waals surface area contributed by atoms with E-state index in [1.165, 1.54) is 0 Å². The number of anilines is 1. The van der Waals surface area contributed by atoms with E-state index >= 15 is 0 Å². The van der Waals surface area contributed by atoms with Gasteiger partial charge in [0.15, 0.2) is 5.43 Å². The van der Waals surface area contributed by atoms with Gasteiger partial charge in [-0.25, -0.2) is 0 Å². The zero-order valence-electron chi connectivity index (χ0n) is 19.9. The Morgan fingerprint density at radius 3 is 2.63 bits per heavy atom. The lowest BCUT2D eigenvalue weighted by atomic mass is 9.75. The smallest absolute Gasteiger partial charge is 0.480 e. The molecular formula is C27H25BN2O5. The molecule has 0 bridgehead atoms. The van der Waals surface area contributed by atoms with Crippen molar-refractivity contribution in [1.82, 2.24) is 0 Å². The maximum absolute atomic E-state index is 12.8. The average molecular weight is 468 g/mol. The molecule has 1 aliphatic rings. The van der Waals surface area contributed by atoms with Gasteiger partial charge in [-0.15, -0.1) is 5.16 Å². The molecule has 0 aliphatic carbocycles. The van der Waals surface area contributed by atoms with E-state index in [0.29, 0.717) is 16.4 Å². The highest BCUT2D eigenvalue weighted by Gasteiger charge is 2.25. The number of oxime groups is 1. The van der Waals surface area contributed by atoms with Crippen LogP contribution in [0.1, 0.15) is 40.8 Å². The SMILES string of the molecule is Cc1ccc(N[C@H](C)c2cc(C)cc3c(=O)c(C)c(O)oc23)c(-c2ccc3c(c2)C=NOB3O)c1. The third kappa shape index (κ3) is 4.06. The summed E-state index contributed by atoms with van der Waals surface area (Å²) >= 11 is 0. The first kappa shape index (κ1) is 22.7. The Balaban J connectivity index is 1.58. The van der Waals surface area contributed by atoms with E-state index in [-0.39, 0.29) is 23.0 Å². The number of nitrogens with zero attached hydrogens (tertiary/aromatic N) is 1. The number of aryl methyl sites for hydroxylation is 2. The predicted octanol–water partition coefficient (Wildman–Crippen LogP) is 4.32. The molecule has 35 heavy (non-hydrogen) atoms. The third-order valence-electron chi connectivity index (χ3n) is 6.40. The van der Waals surface area contributed by atoms with E-state index in [1.54, 1.807) is 19.2 Å². The van der Waals surface area contributed by atoms with Gasteiger partial charge >= 0.3 is 7.12 Å². The van der Waals surface area contributed by atoms with Crippen LogP contribution < -0.4 is 16.2 Å². The summed E-state index contributed by atoms with van der Waals surface area (Å²) in [5.41, 5.74) is 7.41. The molecule has 3 aromatic carbocycles. The lowest BCUT2D eigenvalue weighted by molar-refractivity contribution is 0.286. The summed E-state index contributed by atoms with van der Waals surface area (Å²) in [6, 6.07) is 15.4. The van der Waals surface area contributed by atoms with Gasteiger partial charge in [0.05, 0.1) is 23.2 Å².